The van der Waals surface area contributed by atoms with Gasteiger partial charge in [-0.3, -0.25) is 0 Å². The van der Waals surface area contributed by atoms with Crippen molar-refractivity contribution in [3.05, 3.63) is 35.0 Å². The van der Waals surface area contributed by atoms with Gasteiger partial charge in [0.2, 0.25) is 0 Å². The summed E-state index contributed by atoms with van der Waals surface area (Å²) in [5.74, 6) is 0.141. The number of carbonyl (C=O) groups is 1. The molecule has 0 aliphatic heterocycles. The van der Waals surface area contributed by atoms with Crippen LogP contribution in [-0.4, -0.2) is 17.6 Å². The van der Waals surface area contributed by atoms with E-state index in [-0.39, 0.29) is 5.97 Å². The summed E-state index contributed by atoms with van der Waals surface area (Å²) in [6, 6.07) is 6.17. The van der Waals surface area contributed by atoms with Gasteiger partial charge in [-0.15, -0.1) is 0 Å². The third-order valence-electron chi connectivity index (χ3n) is 3.23. The second kappa shape index (κ2) is 4.84. The van der Waals surface area contributed by atoms with Gasteiger partial charge in [-0.05, 0) is 30.9 Å². The molecule has 0 radical (unpaired) electrons. The number of esters is 1. The summed E-state index contributed by atoms with van der Waals surface area (Å²) < 4.78 is 5.07. The molecule has 1 N–H and O–H groups in total. The number of hydrogen-bond acceptors (Lipinski definition) is 2. The van der Waals surface area contributed by atoms with E-state index in [1.165, 1.54) is 5.56 Å². The van der Waals surface area contributed by atoms with Gasteiger partial charge in [-0.25, -0.2) is 4.79 Å². The summed E-state index contributed by atoms with van der Waals surface area (Å²) in [5.41, 5.74) is 3.81. The summed E-state index contributed by atoms with van der Waals surface area (Å²) in [6.45, 7) is 8.46. The van der Waals surface area contributed by atoms with Crippen LogP contribution in [0.25, 0.3) is 10.9 Å². The topological polar surface area (TPSA) is 42.1 Å². The van der Waals surface area contributed by atoms with Crippen molar-refractivity contribution in [3.63, 3.8) is 0 Å². The summed E-state index contributed by atoms with van der Waals surface area (Å²) in [7, 11) is 0. The Balaban J connectivity index is 2.62. The smallest absolute Gasteiger partial charge is 0.355 e. The molecule has 0 amide bonds. The molecule has 0 atom stereocenters. The van der Waals surface area contributed by atoms with Crippen molar-refractivity contribution in [2.45, 2.75) is 33.6 Å². The molecular formula is C15H19NO2. The Kier molecular flexibility index (Phi) is 3.41. The van der Waals surface area contributed by atoms with Gasteiger partial charge in [0.1, 0.15) is 5.69 Å². The first-order valence-corrected chi connectivity index (χ1v) is 6.34. The molecule has 1 aromatic carbocycles. The molecule has 0 aliphatic carbocycles. The average molecular weight is 245 g/mol. The maximum atomic E-state index is 11.9. The highest BCUT2D eigenvalue weighted by molar-refractivity contribution is 5.99. The van der Waals surface area contributed by atoms with E-state index in [4.69, 9.17) is 4.74 Å². The molecule has 0 spiro atoms. The highest BCUT2D eigenvalue weighted by Gasteiger charge is 2.17. The highest BCUT2D eigenvalue weighted by Crippen LogP contribution is 2.29. The zero-order valence-corrected chi connectivity index (χ0v) is 11.3. The van der Waals surface area contributed by atoms with Crippen LogP contribution < -0.4 is 0 Å². The van der Waals surface area contributed by atoms with Crippen molar-refractivity contribution in [1.29, 1.82) is 0 Å². The fraction of sp³-hybridized carbons (Fsp3) is 0.400. The van der Waals surface area contributed by atoms with Crippen LogP contribution in [0.15, 0.2) is 18.2 Å². The van der Waals surface area contributed by atoms with E-state index in [9.17, 15) is 4.79 Å². The van der Waals surface area contributed by atoms with Gasteiger partial charge < -0.3 is 9.72 Å². The van der Waals surface area contributed by atoms with E-state index >= 15 is 0 Å². The lowest BCUT2D eigenvalue weighted by atomic mass is 10.00. The summed E-state index contributed by atoms with van der Waals surface area (Å²) in [4.78, 5) is 15.1. The second-order valence-electron chi connectivity index (χ2n) is 4.77. The predicted molar refractivity (Wildman–Crippen MR) is 73.1 cm³/mol. The number of nitrogens with one attached hydrogen (secondary N) is 1. The number of hydrogen-bond donors (Lipinski definition) is 1. The van der Waals surface area contributed by atoms with Gasteiger partial charge in [0.15, 0.2) is 0 Å². The minimum absolute atomic E-state index is 0.277. The molecule has 1 aromatic heterocycles. The number of para-hydroxylation sites is 1. The van der Waals surface area contributed by atoms with E-state index in [1.807, 2.05) is 26.0 Å². The Hall–Kier alpha value is -1.77. The molecule has 0 saturated heterocycles. The molecule has 0 aliphatic rings. The Labute approximate surface area is 107 Å². The molecule has 18 heavy (non-hydrogen) atoms. The van der Waals surface area contributed by atoms with Crippen molar-refractivity contribution in [2.75, 3.05) is 6.61 Å². The lowest BCUT2D eigenvalue weighted by Gasteiger charge is -2.06. The Morgan fingerprint density at radius 1 is 1.39 bits per heavy atom. The Morgan fingerprint density at radius 3 is 2.72 bits per heavy atom. The normalized spacial score (nSPS) is 11.2. The lowest BCUT2D eigenvalue weighted by Crippen LogP contribution is -2.06. The van der Waals surface area contributed by atoms with E-state index in [0.29, 0.717) is 18.2 Å². The van der Waals surface area contributed by atoms with Gasteiger partial charge in [0.05, 0.1) is 6.61 Å². The van der Waals surface area contributed by atoms with Crippen LogP contribution in [0.2, 0.25) is 0 Å². The minimum Gasteiger partial charge on any atom is -0.461 e. The molecule has 0 fully saturated rings. The van der Waals surface area contributed by atoms with E-state index in [0.717, 1.165) is 16.5 Å². The zero-order chi connectivity index (χ0) is 13.3. The summed E-state index contributed by atoms with van der Waals surface area (Å²) in [6.07, 6.45) is 0. The van der Waals surface area contributed by atoms with E-state index < -0.39 is 0 Å². The molecule has 1 heterocycles. The molecule has 0 bridgehead atoms. The maximum absolute atomic E-state index is 11.9. The number of ether oxygens (including phenoxy) is 1. The number of carbonyl (C=O) groups excluding carboxylic acids is 1. The quantitative estimate of drug-likeness (QED) is 0.836. The number of aromatic nitrogens is 1. The SMILES string of the molecule is CCOC(=O)c1[nH]c2c(C(C)C)cccc2c1C. The standard InChI is InChI=1S/C15H19NO2/c1-5-18-15(17)13-10(4)12-8-6-7-11(9(2)3)14(12)16-13/h6-9,16H,5H2,1-4H3. The van der Waals surface area contributed by atoms with E-state index in [1.54, 1.807) is 0 Å². The molecule has 0 saturated carbocycles. The largest absolute Gasteiger partial charge is 0.461 e. The molecule has 2 rings (SSSR count). The fourth-order valence-electron chi connectivity index (χ4n) is 2.26. The molecule has 2 aromatic rings. The maximum Gasteiger partial charge on any atom is 0.355 e. The zero-order valence-electron chi connectivity index (χ0n) is 11.3. The van der Waals surface area contributed by atoms with Gasteiger partial charge in [0.25, 0.3) is 0 Å². The number of benzene rings is 1. The van der Waals surface area contributed by atoms with E-state index in [2.05, 4.69) is 24.9 Å². The van der Waals surface area contributed by atoms with Crippen LogP contribution in [0.5, 0.6) is 0 Å². The Bertz CT molecular complexity index is 581. The van der Waals surface area contributed by atoms with Crippen molar-refractivity contribution in [3.8, 4) is 0 Å². The lowest BCUT2D eigenvalue weighted by molar-refractivity contribution is 0.0520. The van der Waals surface area contributed by atoms with Gasteiger partial charge in [-0.2, -0.15) is 0 Å². The van der Waals surface area contributed by atoms with Crippen molar-refractivity contribution >= 4 is 16.9 Å². The first-order valence-electron chi connectivity index (χ1n) is 6.34. The number of fused-ring (bicyclic) bond motifs is 1. The Morgan fingerprint density at radius 2 is 2.11 bits per heavy atom. The second-order valence-corrected chi connectivity index (χ2v) is 4.77. The number of H-pyrrole nitrogens is 1. The summed E-state index contributed by atoms with van der Waals surface area (Å²) >= 11 is 0. The number of rotatable bonds is 3. The third kappa shape index (κ3) is 2.01. The molecule has 96 valence electrons. The van der Waals surface area contributed by atoms with Gasteiger partial charge in [0, 0.05) is 10.9 Å². The molecular weight excluding hydrogens is 226 g/mol. The third-order valence-corrected chi connectivity index (χ3v) is 3.23. The van der Waals surface area contributed by atoms with Crippen LogP contribution in [-0.2, 0) is 4.74 Å². The number of aromatic amines is 1. The first-order chi connectivity index (χ1) is 8.56. The van der Waals surface area contributed by atoms with Crippen LogP contribution in [0, 0.1) is 6.92 Å². The number of aryl methyl sites for hydroxylation is 1. The highest BCUT2D eigenvalue weighted by atomic mass is 16.5. The van der Waals surface area contributed by atoms with Crippen molar-refractivity contribution < 1.29 is 9.53 Å². The van der Waals surface area contributed by atoms with Crippen molar-refractivity contribution in [1.82, 2.24) is 4.98 Å². The predicted octanol–water partition coefficient (Wildman–Crippen LogP) is 3.78. The fourth-order valence-corrected chi connectivity index (χ4v) is 2.26. The molecule has 3 nitrogen and oxygen atoms in total. The minimum atomic E-state index is -0.277. The van der Waals surface area contributed by atoms with Crippen LogP contribution in [0.3, 0.4) is 0 Å². The van der Waals surface area contributed by atoms with Gasteiger partial charge in [-0.1, -0.05) is 32.0 Å². The average Bonchev–Trinajstić information content (AvgIpc) is 2.67. The van der Waals surface area contributed by atoms with Crippen LogP contribution >= 0.6 is 0 Å². The molecule has 0 unspecified atom stereocenters. The summed E-state index contributed by atoms with van der Waals surface area (Å²) in [5, 5.41) is 1.10. The van der Waals surface area contributed by atoms with Crippen LogP contribution in [0.4, 0.5) is 0 Å². The first kappa shape index (κ1) is 12.7. The van der Waals surface area contributed by atoms with Crippen LogP contribution in [0.1, 0.15) is 48.3 Å². The van der Waals surface area contributed by atoms with Gasteiger partial charge >= 0.3 is 5.97 Å². The van der Waals surface area contributed by atoms with Crippen molar-refractivity contribution in [2.24, 2.45) is 0 Å². The molecule has 3 heteroatoms. The monoisotopic (exact) mass is 245 g/mol.